The van der Waals surface area contributed by atoms with E-state index < -0.39 is 5.54 Å². The monoisotopic (exact) mass is 260 g/mol. The van der Waals surface area contributed by atoms with Gasteiger partial charge in [0, 0.05) is 12.7 Å². The molecule has 0 unspecified atom stereocenters. The van der Waals surface area contributed by atoms with Gasteiger partial charge in [-0.25, -0.2) is 9.97 Å². The fraction of sp³-hybridized carbons (Fsp3) is 0.643. The minimum atomic E-state index is -0.629. The Bertz CT molecular complexity index is 456. The van der Waals surface area contributed by atoms with Crippen LogP contribution in [0.3, 0.4) is 0 Å². The summed E-state index contributed by atoms with van der Waals surface area (Å²) in [5.41, 5.74) is 6.60. The zero-order chi connectivity index (χ0) is 13.3. The predicted molar refractivity (Wildman–Crippen MR) is 71.1 cm³/mol. The van der Waals surface area contributed by atoms with E-state index >= 15 is 0 Å². The second-order valence-electron chi connectivity index (χ2n) is 5.65. The number of nitrogens with zero attached hydrogens (tertiary/aromatic N) is 3. The van der Waals surface area contributed by atoms with E-state index in [0.717, 1.165) is 50.8 Å². The van der Waals surface area contributed by atoms with Crippen LogP contribution >= 0.6 is 0 Å². The van der Waals surface area contributed by atoms with Crippen molar-refractivity contribution in [1.29, 1.82) is 0 Å². The van der Waals surface area contributed by atoms with Crippen LogP contribution in [-0.4, -0.2) is 32.9 Å². The molecular weight excluding hydrogens is 240 g/mol. The first kappa shape index (κ1) is 12.5. The van der Waals surface area contributed by atoms with Crippen LogP contribution in [0.5, 0.6) is 0 Å². The summed E-state index contributed by atoms with van der Waals surface area (Å²) in [5, 5.41) is 0. The van der Waals surface area contributed by atoms with E-state index in [2.05, 4.69) is 9.97 Å². The standard InChI is InChI=1S/C14H20N4O/c15-14(6-1-2-7-14)13(19)18-9-3-4-12(18)11-5-8-16-10-17-11/h5,8,10,12H,1-4,6-7,9,15H2/t12-/m1/s1. The molecule has 5 heteroatoms. The van der Waals surface area contributed by atoms with Crippen LogP contribution in [0.4, 0.5) is 0 Å². The van der Waals surface area contributed by atoms with Gasteiger partial charge in [0.05, 0.1) is 17.3 Å². The SMILES string of the molecule is NC1(C(=O)N2CCC[C@@H]2c2ccncn2)CCCC1. The molecule has 5 nitrogen and oxygen atoms in total. The maximum absolute atomic E-state index is 12.7. The molecule has 2 heterocycles. The van der Waals surface area contributed by atoms with Crippen molar-refractivity contribution in [2.75, 3.05) is 6.54 Å². The molecule has 3 rings (SSSR count). The van der Waals surface area contributed by atoms with Gasteiger partial charge in [-0.1, -0.05) is 12.8 Å². The van der Waals surface area contributed by atoms with Crippen molar-refractivity contribution in [3.05, 3.63) is 24.3 Å². The lowest BCUT2D eigenvalue weighted by Crippen LogP contribution is -2.53. The van der Waals surface area contributed by atoms with Gasteiger partial charge in [0.2, 0.25) is 5.91 Å². The normalized spacial score (nSPS) is 25.7. The largest absolute Gasteiger partial charge is 0.332 e. The zero-order valence-electron chi connectivity index (χ0n) is 11.1. The lowest BCUT2D eigenvalue weighted by atomic mass is 9.96. The van der Waals surface area contributed by atoms with Crippen molar-refractivity contribution in [3.63, 3.8) is 0 Å². The Morgan fingerprint density at radius 2 is 2.16 bits per heavy atom. The summed E-state index contributed by atoms with van der Waals surface area (Å²) in [4.78, 5) is 22.9. The number of carbonyl (C=O) groups is 1. The van der Waals surface area contributed by atoms with Gasteiger partial charge < -0.3 is 10.6 Å². The molecule has 102 valence electrons. The smallest absolute Gasteiger partial charge is 0.243 e. The molecule has 0 spiro atoms. The Morgan fingerprint density at radius 3 is 2.84 bits per heavy atom. The van der Waals surface area contributed by atoms with Gasteiger partial charge in [-0.05, 0) is 31.7 Å². The molecule has 2 fully saturated rings. The molecular formula is C14H20N4O. The van der Waals surface area contributed by atoms with Gasteiger partial charge in [-0.2, -0.15) is 0 Å². The second-order valence-corrected chi connectivity index (χ2v) is 5.65. The summed E-state index contributed by atoms with van der Waals surface area (Å²) in [6, 6.07) is 1.98. The lowest BCUT2D eigenvalue weighted by molar-refractivity contribution is -0.137. The quantitative estimate of drug-likeness (QED) is 0.872. The molecule has 1 aromatic heterocycles. The Labute approximate surface area is 113 Å². The molecule has 1 atom stereocenters. The number of nitrogens with two attached hydrogens (primary N) is 1. The van der Waals surface area contributed by atoms with Crippen LogP contribution in [0.1, 0.15) is 50.3 Å². The van der Waals surface area contributed by atoms with E-state index in [1.54, 1.807) is 12.5 Å². The van der Waals surface area contributed by atoms with Crippen molar-refractivity contribution in [2.45, 2.75) is 50.1 Å². The van der Waals surface area contributed by atoms with Crippen molar-refractivity contribution < 1.29 is 4.79 Å². The van der Waals surface area contributed by atoms with E-state index in [0.29, 0.717) is 0 Å². The minimum Gasteiger partial charge on any atom is -0.332 e. The van der Waals surface area contributed by atoms with Gasteiger partial charge in [0.15, 0.2) is 0 Å². The van der Waals surface area contributed by atoms with Crippen LogP contribution in [0.15, 0.2) is 18.6 Å². The average Bonchev–Trinajstić information content (AvgIpc) is 3.08. The van der Waals surface area contributed by atoms with Crippen molar-refractivity contribution >= 4 is 5.91 Å². The maximum atomic E-state index is 12.7. The molecule has 2 aliphatic rings. The Kier molecular flexibility index (Phi) is 3.22. The number of carbonyl (C=O) groups excluding carboxylic acids is 1. The number of likely N-dealkylation sites (tertiary alicyclic amines) is 1. The second kappa shape index (κ2) is 4.89. The van der Waals surface area contributed by atoms with Crippen LogP contribution in [0.2, 0.25) is 0 Å². The third kappa shape index (κ3) is 2.23. The number of hydrogen-bond donors (Lipinski definition) is 1. The highest BCUT2D eigenvalue weighted by Crippen LogP contribution is 2.36. The molecule has 1 amide bonds. The first-order chi connectivity index (χ1) is 9.21. The number of aromatic nitrogens is 2. The lowest BCUT2D eigenvalue weighted by Gasteiger charge is -2.32. The van der Waals surface area contributed by atoms with Gasteiger partial charge >= 0.3 is 0 Å². The molecule has 1 aromatic rings. The minimum absolute atomic E-state index is 0.0801. The van der Waals surface area contributed by atoms with Crippen LogP contribution in [0, 0.1) is 0 Å². The molecule has 1 aliphatic carbocycles. The van der Waals surface area contributed by atoms with Gasteiger partial charge in [0.1, 0.15) is 6.33 Å². The Hall–Kier alpha value is -1.49. The molecule has 0 bridgehead atoms. The molecule has 2 N–H and O–H groups in total. The third-order valence-electron chi connectivity index (χ3n) is 4.38. The van der Waals surface area contributed by atoms with Gasteiger partial charge in [-0.15, -0.1) is 0 Å². The summed E-state index contributed by atoms with van der Waals surface area (Å²) in [6.45, 7) is 0.798. The fourth-order valence-electron chi connectivity index (χ4n) is 3.32. The van der Waals surface area contributed by atoms with E-state index in [4.69, 9.17) is 5.73 Å². The highest BCUT2D eigenvalue weighted by molar-refractivity contribution is 5.87. The van der Waals surface area contributed by atoms with E-state index in [9.17, 15) is 4.79 Å². The van der Waals surface area contributed by atoms with E-state index in [-0.39, 0.29) is 11.9 Å². The first-order valence-electron chi connectivity index (χ1n) is 7.07. The highest BCUT2D eigenvalue weighted by atomic mass is 16.2. The van der Waals surface area contributed by atoms with Crippen molar-refractivity contribution in [1.82, 2.24) is 14.9 Å². The topological polar surface area (TPSA) is 72.1 Å². The summed E-state index contributed by atoms with van der Waals surface area (Å²) in [5.74, 6) is 0.117. The fourth-order valence-corrected chi connectivity index (χ4v) is 3.32. The summed E-state index contributed by atoms with van der Waals surface area (Å²) in [6.07, 6.45) is 9.04. The summed E-state index contributed by atoms with van der Waals surface area (Å²) >= 11 is 0. The zero-order valence-corrected chi connectivity index (χ0v) is 11.1. The molecule has 1 saturated carbocycles. The molecule has 1 saturated heterocycles. The highest BCUT2D eigenvalue weighted by Gasteiger charge is 2.43. The van der Waals surface area contributed by atoms with Crippen LogP contribution in [-0.2, 0) is 4.79 Å². The molecule has 19 heavy (non-hydrogen) atoms. The molecule has 0 aromatic carbocycles. The van der Waals surface area contributed by atoms with Crippen LogP contribution < -0.4 is 5.73 Å². The Morgan fingerprint density at radius 1 is 1.37 bits per heavy atom. The van der Waals surface area contributed by atoms with Crippen molar-refractivity contribution in [2.24, 2.45) is 5.73 Å². The predicted octanol–water partition coefficient (Wildman–Crippen LogP) is 1.41. The summed E-state index contributed by atoms with van der Waals surface area (Å²) < 4.78 is 0. The first-order valence-corrected chi connectivity index (χ1v) is 7.07. The molecule has 0 radical (unpaired) electrons. The van der Waals surface area contributed by atoms with E-state index in [1.807, 2.05) is 11.0 Å². The third-order valence-corrected chi connectivity index (χ3v) is 4.38. The van der Waals surface area contributed by atoms with Crippen LogP contribution in [0.25, 0.3) is 0 Å². The Balaban J connectivity index is 1.82. The summed E-state index contributed by atoms with van der Waals surface area (Å²) in [7, 11) is 0. The van der Waals surface area contributed by atoms with Gasteiger partial charge in [-0.3, -0.25) is 4.79 Å². The van der Waals surface area contributed by atoms with Crippen molar-refractivity contribution in [3.8, 4) is 0 Å². The number of rotatable bonds is 2. The maximum Gasteiger partial charge on any atom is 0.243 e. The van der Waals surface area contributed by atoms with Gasteiger partial charge in [0.25, 0.3) is 0 Å². The average molecular weight is 260 g/mol. The molecule has 1 aliphatic heterocycles. The number of amides is 1. The van der Waals surface area contributed by atoms with E-state index in [1.165, 1.54) is 0 Å². The number of hydrogen-bond acceptors (Lipinski definition) is 4.